The smallest absolute Gasteiger partial charge is 0.164 e. The normalized spacial score (nSPS) is 12.8. The Morgan fingerprint density at radius 1 is 0.323 bits per heavy atom. The third-order valence-electron chi connectivity index (χ3n) is 11.9. The number of ether oxygens (including phenoxy) is 1. The first-order chi connectivity index (χ1) is 30.7. The van der Waals surface area contributed by atoms with E-state index in [0.717, 1.165) is 95.5 Å². The predicted octanol–water partition coefficient (Wildman–Crippen LogP) is 12.5. The number of aromatic nitrogens is 6. The minimum Gasteiger partial charge on any atom is -0.457 e. The van der Waals surface area contributed by atoms with Gasteiger partial charge >= 0.3 is 0 Å². The average Bonchev–Trinajstić information content (AvgIpc) is 3.65. The number of hydrogen-bond donors (Lipinski definition) is 0. The predicted molar refractivity (Wildman–Crippen MR) is 243 cm³/mol. The second-order valence-corrected chi connectivity index (χ2v) is 15.4. The molecule has 0 atom stereocenters. The zero-order valence-corrected chi connectivity index (χ0v) is 33.2. The second-order valence-electron chi connectivity index (χ2n) is 15.4. The number of pyridine rings is 3. The first kappa shape index (κ1) is 35.5. The van der Waals surface area contributed by atoms with Crippen LogP contribution in [0.3, 0.4) is 0 Å². The molecule has 0 radical (unpaired) electrons. The van der Waals surface area contributed by atoms with Crippen LogP contribution in [0.25, 0.3) is 79.2 Å². The summed E-state index contributed by atoms with van der Waals surface area (Å²) in [6.07, 6.45) is 3.61. The van der Waals surface area contributed by atoms with Gasteiger partial charge in [-0.05, 0) is 81.9 Å². The zero-order chi connectivity index (χ0) is 41.0. The molecule has 0 unspecified atom stereocenters. The Labute approximate surface area is 358 Å². The fraction of sp³-hybridized carbons (Fsp3) is 0.0182. The highest BCUT2D eigenvalue weighted by atomic mass is 16.5. The Morgan fingerprint density at radius 2 is 0.774 bits per heavy atom. The first-order valence-electron chi connectivity index (χ1n) is 20.6. The van der Waals surface area contributed by atoms with Gasteiger partial charge in [-0.1, -0.05) is 146 Å². The van der Waals surface area contributed by atoms with Gasteiger partial charge in [-0.25, -0.2) is 19.9 Å². The van der Waals surface area contributed by atoms with Crippen molar-refractivity contribution in [1.82, 2.24) is 29.9 Å². The molecule has 1 aliphatic heterocycles. The van der Waals surface area contributed by atoms with Gasteiger partial charge in [0.25, 0.3) is 0 Å². The van der Waals surface area contributed by atoms with Crippen molar-refractivity contribution in [3.05, 3.63) is 229 Å². The van der Waals surface area contributed by atoms with Crippen molar-refractivity contribution in [3.8, 4) is 90.7 Å². The van der Waals surface area contributed by atoms with E-state index in [4.69, 9.17) is 34.6 Å². The van der Waals surface area contributed by atoms with Gasteiger partial charge < -0.3 is 4.74 Å². The third-order valence-corrected chi connectivity index (χ3v) is 11.9. The molecule has 0 bridgehead atoms. The number of nitrogens with zero attached hydrogens (tertiary/aromatic N) is 6. The fourth-order valence-electron chi connectivity index (χ4n) is 9.32. The van der Waals surface area contributed by atoms with Gasteiger partial charge in [0.15, 0.2) is 17.5 Å². The molecule has 0 fully saturated rings. The van der Waals surface area contributed by atoms with Crippen molar-refractivity contribution in [2.75, 3.05) is 0 Å². The summed E-state index contributed by atoms with van der Waals surface area (Å²) in [6.45, 7) is 0. The molecule has 12 rings (SSSR count). The molecule has 2 aliphatic rings. The molecule has 6 aromatic carbocycles. The Morgan fingerprint density at radius 3 is 1.31 bits per heavy atom. The van der Waals surface area contributed by atoms with Gasteiger partial charge in [0.05, 0.1) is 28.2 Å². The lowest BCUT2D eigenvalue weighted by Gasteiger charge is -2.39. The van der Waals surface area contributed by atoms with Crippen molar-refractivity contribution in [3.63, 3.8) is 0 Å². The molecule has 0 amide bonds. The van der Waals surface area contributed by atoms with Crippen molar-refractivity contribution in [1.29, 1.82) is 0 Å². The number of hydrogen-bond acceptors (Lipinski definition) is 7. The van der Waals surface area contributed by atoms with Gasteiger partial charge in [0.1, 0.15) is 11.5 Å². The summed E-state index contributed by atoms with van der Waals surface area (Å²) in [7, 11) is 0. The SMILES string of the molecule is c1ccc(-c2nc(-c3ccccc3)nc(-c3cccc4c3-c3c(-c5cc(-c6ccccn6)nc(-c6ccccn6)c5)cccc3C43c4ccccc4Oc4ccccc43)n2)cc1. The van der Waals surface area contributed by atoms with Gasteiger partial charge in [0.2, 0.25) is 0 Å². The van der Waals surface area contributed by atoms with Crippen LogP contribution >= 0.6 is 0 Å². The van der Waals surface area contributed by atoms with Crippen LogP contribution in [0.2, 0.25) is 0 Å². The Hall–Kier alpha value is -8.42. The maximum absolute atomic E-state index is 6.73. The number of fused-ring (bicyclic) bond motifs is 9. The lowest BCUT2D eigenvalue weighted by atomic mass is 9.66. The summed E-state index contributed by atoms with van der Waals surface area (Å²) < 4.78 is 6.73. The first-order valence-corrected chi connectivity index (χ1v) is 20.6. The monoisotopic (exact) mass is 794 g/mol. The summed E-state index contributed by atoms with van der Waals surface area (Å²) in [4.78, 5) is 30.3. The summed E-state index contributed by atoms with van der Waals surface area (Å²) in [5.41, 5.74) is 13.5. The minimum atomic E-state index is -0.750. The standard InChI is InChI=1S/C55H34N6O/c1-3-17-35(18-4-1)52-59-53(36-19-5-2-6-20-36)61-54(60-52)39-22-16-26-43-51(39)50-38(37-33-46(44-27-11-13-31-56-44)58-47(34-37)45-28-12-14-32-57-45)21-15-25-42(50)55(43)40-23-7-9-29-48(40)62-49-30-10-8-24-41(49)55/h1-34H. The number of rotatable bonds is 6. The van der Waals surface area contributed by atoms with Crippen LogP contribution in [-0.2, 0) is 5.41 Å². The van der Waals surface area contributed by atoms with E-state index in [1.807, 2.05) is 109 Å². The van der Waals surface area contributed by atoms with E-state index in [2.05, 4.69) is 84.9 Å². The van der Waals surface area contributed by atoms with E-state index in [1.165, 1.54) is 0 Å². The van der Waals surface area contributed by atoms with Crippen molar-refractivity contribution in [2.45, 2.75) is 5.41 Å². The van der Waals surface area contributed by atoms with Crippen LogP contribution < -0.4 is 4.74 Å². The van der Waals surface area contributed by atoms with E-state index < -0.39 is 5.41 Å². The molecule has 7 heteroatoms. The van der Waals surface area contributed by atoms with Gasteiger partial charge in [-0.15, -0.1) is 0 Å². The van der Waals surface area contributed by atoms with Gasteiger partial charge in [0, 0.05) is 40.2 Å². The van der Waals surface area contributed by atoms with Crippen LogP contribution in [-0.4, -0.2) is 29.9 Å². The van der Waals surface area contributed by atoms with E-state index in [9.17, 15) is 0 Å². The Kier molecular flexibility index (Phi) is 8.25. The second kappa shape index (κ2) is 14.4. The van der Waals surface area contributed by atoms with Crippen LogP contribution in [0.5, 0.6) is 11.5 Å². The van der Waals surface area contributed by atoms with E-state index in [0.29, 0.717) is 17.5 Å². The lowest BCUT2D eigenvalue weighted by Crippen LogP contribution is -2.32. The maximum Gasteiger partial charge on any atom is 0.164 e. The minimum absolute atomic E-state index is 0.582. The molecule has 0 N–H and O–H groups in total. The topological polar surface area (TPSA) is 86.6 Å². The molecule has 1 aliphatic carbocycles. The molecule has 0 saturated carbocycles. The number of para-hydroxylation sites is 2. The molecule has 7 nitrogen and oxygen atoms in total. The van der Waals surface area contributed by atoms with Crippen molar-refractivity contribution in [2.24, 2.45) is 0 Å². The molecule has 290 valence electrons. The summed E-state index contributed by atoms with van der Waals surface area (Å²) in [6, 6.07) is 66.5. The molecular weight excluding hydrogens is 761 g/mol. The number of benzene rings is 6. The van der Waals surface area contributed by atoms with Crippen molar-refractivity contribution < 1.29 is 4.74 Å². The van der Waals surface area contributed by atoms with Gasteiger partial charge in [-0.3, -0.25) is 9.97 Å². The quantitative estimate of drug-likeness (QED) is 0.166. The highest BCUT2D eigenvalue weighted by Gasteiger charge is 2.52. The zero-order valence-electron chi connectivity index (χ0n) is 33.2. The highest BCUT2D eigenvalue weighted by molar-refractivity contribution is 6.02. The summed E-state index contributed by atoms with van der Waals surface area (Å²) in [5, 5.41) is 0. The largest absolute Gasteiger partial charge is 0.457 e. The van der Waals surface area contributed by atoms with E-state index in [1.54, 1.807) is 12.4 Å². The average molecular weight is 795 g/mol. The Bertz CT molecular complexity index is 2980. The highest BCUT2D eigenvalue weighted by Crippen LogP contribution is 2.64. The van der Waals surface area contributed by atoms with Gasteiger partial charge in [-0.2, -0.15) is 0 Å². The van der Waals surface area contributed by atoms with Crippen LogP contribution in [0.15, 0.2) is 207 Å². The fourth-order valence-corrected chi connectivity index (χ4v) is 9.32. The molecule has 1 spiro atoms. The molecule has 62 heavy (non-hydrogen) atoms. The lowest BCUT2D eigenvalue weighted by molar-refractivity contribution is 0.436. The van der Waals surface area contributed by atoms with Crippen molar-refractivity contribution >= 4 is 0 Å². The molecule has 5 heterocycles. The van der Waals surface area contributed by atoms with Crippen LogP contribution in [0.1, 0.15) is 22.3 Å². The van der Waals surface area contributed by atoms with E-state index in [-0.39, 0.29) is 0 Å². The van der Waals surface area contributed by atoms with E-state index >= 15 is 0 Å². The third kappa shape index (κ3) is 5.59. The molecular formula is C55H34N6O. The summed E-state index contributed by atoms with van der Waals surface area (Å²) in [5.74, 6) is 3.42. The van der Waals surface area contributed by atoms with Crippen LogP contribution in [0.4, 0.5) is 0 Å². The molecule has 0 saturated heterocycles. The maximum atomic E-state index is 6.73. The summed E-state index contributed by atoms with van der Waals surface area (Å²) >= 11 is 0. The Balaban J connectivity index is 1.21. The van der Waals surface area contributed by atoms with Crippen LogP contribution in [0, 0.1) is 0 Å². The molecule has 4 aromatic heterocycles. The molecule has 10 aromatic rings.